The molecular formula is C34H70O5Si2. The summed E-state index contributed by atoms with van der Waals surface area (Å²) >= 11 is 0. The highest BCUT2D eigenvalue weighted by Gasteiger charge is 2.48. The lowest BCUT2D eigenvalue weighted by Gasteiger charge is -2.48. The minimum Gasteiger partial charge on any atom is -0.413 e. The number of methoxy groups -OCH3 is 1. The summed E-state index contributed by atoms with van der Waals surface area (Å²) in [7, 11) is -2.16. The Morgan fingerprint density at radius 1 is 0.927 bits per heavy atom. The third-order valence-electron chi connectivity index (χ3n) is 10.7. The van der Waals surface area contributed by atoms with E-state index in [-0.39, 0.29) is 41.8 Å². The van der Waals surface area contributed by atoms with Crippen molar-refractivity contribution in [2.45, 2.75) is 174 Å². The quantitative estimate of drug-likeness (QED) is 0.134. The standard InChI is InChI=1S/C34H70O5Si2/c1-23(2)41(24(3)4,25(5)6)39-31-17-16-29(20-33(31)37-13)19-27(8)30(36)21-32(28(9)18-26(7)22-35)38-40(14,15)34(10,11)12/h18,23-25,27-33,35-36H,16-17,19-22H2,1-15H3/b26-18+/t27-,28-,29+,30+,31-,32+,33-/m1/s1. The predicted octanol–water partition coefficient (Wildman–Crippen LogP) is 9.10. The molecule has 0 heterocycles. The van der Waals surface area contributed by atoms with Gasteiger partial charge in [-0.15, -0.1) is 0 Å². The Bertz CT molecular complexity index is 767. The summed E-state index contributed by atoms with van der Waals surface area (Å²) in [6.07, 6.45) is 6.64. The summed E-state index contributed by atoms with van der Waals surface area (Å²) in [4.78, 5) is 0. The molecule has 0 aromatic heterocycles. The van der Waals surface area contributed by atoms with Gasteiger partial charge in [0.1, 0.15) is 0 Å². The van der Waals surface area contributed by atoms with Crippen LogP contribution in [0.15, 0.2) is 11.6 Å². The van der Waals surface area contributed by atoms with Crippen LogP contribution in [0.1, 0.15) is 115 Å². The van der Waals surface area contributed by atoms with E-state index in [1.165, 1.54) is 0 Å². The van der Waals surface area contributed by atoms with Gasteiger partial charge in [0.25, 0.3) is 0 Å². The van der Waals surface area contributed by atoms with E-state index in [2.05, 4.69) is 95.3 Å². The second-order valence-electron chi connectivity index (χ2n) is 15.9. The highest BCUT2D eigenvalue weighted by Crippen LogP contribution is 2.46. The van der Waals surface area contributed by atoms with E-state index in [1.807, 2.05) is 14.0 Å². The molecule has 1 rings (SSSR count). The van der Waals surface area contributed by atoms with Gasteiger partial charge in [0, 0.05) is 7.11 Å². The van der Waals surface area contributed by atoms with Crippen LogP contribution >= 0.6 is 0 Å². The Morgan fingerprint density at radius 3 is 1.90 bits per heavy atom. The SMILES string of the molecule is CO[C@@H]1C[C@H](C[C@@H](C)[C@@H](O)C[C@H](O[Si](C)(C)C(C)(C)C)[C@H](C)/C=C(\C)CO)CC[C@H]1O[Si](C(C)C)(C(C)C)C(C)C. The van der Waals surface area contributed by atoms with Gasteiger partial charge in [0.15, 0.2) is 8.32 Å². The van der Waals surface area contributed by atoms with Crippen LogP contribution in [-0.4, -0.2) is 65.0 Å². The summed E-state index contributed by atoms with van der Waals surface area (Å²) in [6.45, 7) is 31.8. The van der Waals surface area contributed by atoms with Crippen LogP contribution in [0.25, 0.3) is 0 Å². The Kier molecular flexibility index (Phi) is 15.5. The number of hydrogen-bond acceptors (Lipinski definition) is 5. The molecule has 1 saturated carbocycles. The van der Waals surface area contributed by atoms with Crippen molar-refractivity contribution in [2.24, 2.45) is 17.8 Å². The molecule has 7 heteroatoms. The van der Waals surface area contributed by atoms with Gasteiger partial charge in [-0.1, -0.05) is 87.8 Å². The van der Waals surface area contributed by atoms with Gasteiger partial charge in [0.05, 0.1) is 31.0 Å². The molecule has 244 valence electrons. The first-order valence-corrected chi connectivity index (χ1v) is 21.6. The molecule has 0 aromatic rings. The van der Waals surface area contributed by atoms with E-state index >= 15 is 0 Å². The molecule has 2 N–H and O–H groups in total. The molecule has 0 spiro atoms. The summed E-state index contributed by atoms with van der Waals surface area (Å²) in [5, 5.41) is 21.2. The van der Waals surface area contributed by atoms with E-state index in [0.717, 1.165) is 31.3 Å². The summed E-state index contributed by atoms with van der Waals surface area (Å²) in [6, 6.07) is 0. The molecule has 0 saturated heterocycles. The van der Waals surface area contributed by atoms with Crippen LogP contribution in [0, 0.1) is 17.8 Å². The topological polar surface area (TPSA) is 68.2 Å². The van der Waals surface area contributed by atoms with Gasteiger partial charge in [-0.2, -0.15) is 0 Å². The smallest absolute Gasteiger partial charge is 0.200 e. The number of ether oxygens (including phenoxy) is 1. The Morgan fingerprint density at radius 2 is 1.46 bits per heavy atom. The maximum absolute atomic E-state index is 11.5. The fourth-order valence-electron chi connectivity index (χ4n) is 7.14. The van der Waals surface area contributed by atoms with Crippen molar-refractivity contribution in [1.29, 1.82) is 0 Å². The minimum absolute atomic E-state index is 0.0538. The fraction of sp³-hybridized carbons (Fsp3) is 0.941. The van der Waals surface area contributed by atoms with Gasteiger partial charge in [-0.05, 0) is 91.5 Å². The highest BCUT2D eigenvalue weighted by atomic mass is 28.4. The second-order valence-corrected chi connectivity index (χ2v) is 26.1. The van der Waals surface area contributed by atoms with Gasteiger partial charge in [0.2, 0.25) is 8.32 Å². The van der Waals surface area contributed by atoms with Gasteiger partial charge in [-0.3, -0.25) is 0 Å². The van der Waals surface area contributed by atoms with E-state index in [0.29, 0.717) is 29.0 Å². The van der Waals surface area contributed by atoms with Crippen LogP contribution in [0.5, 0.6) is 0 Å². The van der Waals surface area contributed by atoms with Crippen molar-refractivity contribution < 1.29 is 23.8 Å². The maximum atomic E-state index is 11.5. The molecule has 0 aromatic carbocycles. The monoisotopic (exact) mass is 614 g/mol. The maximum Gasteiger partial charge on any atom is 0.200 e. The van der Waals surface area contributed by atoms with Crippen molar-refractivity contribution in [3.63, 3.8) is 0 Å². The third kappa shape index (κ3) is 10.5. The normalized spacial score (nSPS) is 24.7. The first-order chi connectivity index (χ1) is 18.7. The molecule has 0 aliphatic heterocycles. The van der Waals surface area contributed by atoms with Crippen molar-refractivity contribution in [1.82, 2.24) is 0 Å². The van der Waals surface area contributed by atoms with Crippen LogP contribution in [0.3, 0.4) is 0 Å². The summed E-state index contributed by atoms with van der Waals surface area (Å²) in [5.41, 5.74) is 2.64. The largest absolute Gasteiger partial charge is 0.413 e. The lowest BCUT2D eigenvalue weighted by atomic mass is 9.78. The first kappa shape index (κ1) is 39.0. The number of hydrogen-bond donors (Lipinski definition) is 2. The van der Waals surface area contributed by atoms with Crippen LogP contribution < -0.4 is 0 Å². The molecule has 1 aliphatic rings. The average Bonchev–Trinajstić information content (AvgIpc) is 2.85. The molecule has 0 bridgehead atoms. The lowest BCUT2D eigenvalue weighted by Crippen LogP contribution is -2.53. The molecule has 41 heavy (non-hydrogen) atoms. The van der Waals surface area contributed by atoms with Gasteiger partial charge >= 0.3 is 0 Å². The van der Waals surface area contributed by atoms with Crippen LogP contribution in [-0.2, 0) is 13.6 Å². The first-order valence-electron chi connectivity index (χ1n) is 16.6. The van der Waals surface area contributed by atoms with E-state index < -0.39 is 22.7 Å². The Labute approximate surface area is 257 Å². The van der Waals surface area contributed by atoms with Crippen molar-refractivity contribution in [3.8, 4) is 0 Å². The molecule has 5 nitrogen and oxygen atoms in total. The number of aliphatic hydroxyl groups is 2. The Hall–Kier alpha value is -0.0262. The summed E-state index contributed by atoms with van der Waals surface area (Å²) < 4.78 is 20.2. The predicted molar refractivity (Wildman–Crippen MR) is 181 cm³/mol. The average molecular weight is 615 g/mol. The second kappa shape index (κ2) is 16.3. The number of aliphatic hydroxyl groups excluding tert-OH is 2. The van der Waals surface area contributed by atoms with Crippen LogP contribution in [0.2, 0.25) is 34.8 Å². The van der Waals surface area contributed by atoms with Gasteiger partial charge < -0.3 is 23.8 Å². The number of rotatable bonds is 16. The summed E-state index contributed by atoms with van der Waals surface area (Å²) in [5.74, 6) is 0.813. The van der Waals surface area contributed by atoms with Crippen LogP contribution in [0.4, 0.5) is 0 Å². The van der Waals surface area contributed by atoms with E-state index in [1.54, 1.807) is 0 Å². The zero-order valence-electron chi connectivity index (χ0n) is 29.7. The van der Waals surface area contributed by atoms with Crippen molar-refractivity contribution in [2.75, 3.05) is 13.7 Å². The highest BCUT2D eigenvalue weighted by molar-refractivity contribution is 6.77. The van der Waals surface area contributed by atoms with Crippen molar-refractivity contribution >= 4 is 16.6 Å². The molecule has 0 unspecified atom stereocenters. The third-order valence-corrected chi connectivity index (χ3v) is 21.3. The Balaban J connectivity index is 2.98. The molecule has 0 radical (unpaired) electrons. The fourth-order valence-corrected chi connectivity index (χ4v) is 14.2. The van der Waals surface area contributed by atoms with Crippen molar-refractivity contribution in [3.05, 3.63) is 11.6 Å². The zero-order valence-corrected chi connectivity index (χ0v) is 31.7. The van der Waals surface area contributed by atoms with E-state index in [9.17, 15) is 10.2 Å². The molecule has 0 amide bonds. The minimum atomic E-state index is -2.03. The zero-order chi connectivity index (χ0) is 31.9. The lowest BCUT2D eigenvalue weighted by molar-refractivity contribution is -0.0515. The molecule has 1 fully saturated rings. The molecule has 7 atom stereocenters. The van der Waals surface area contributed by atoms with Gasteiger partial charge in [-0.25, -0.2) is 0 Å². The molecule has 1 aliphatic carbocycles. The molecular weight excluding hydrogens is 545 g/mol. The van der Waals surface area contributed by atoms with E-state index in [4.69, 9.17) is 13.6 Å².